The van der Waals surface area contributed by atoms with Crippen LogP contribution in [0.25, 0.3) is 0 Å². The molecule has 0 saturated carbocycles. The molecule has 4 nitrogen and oxygen atoms in total. The van der Waals surface area contributed by atoms with E-state index in [0.29, 0.717) is 0 Å². The first-order chi connectivity index (χ1) is 10.0. The molecule has 0 amide bonds. The van der Waals surface area contributed by atoms with E-state index in [1.54, 1.807) is 12.1 Å². The van der Waals surface area contributed by atoms with Crippen molar-refractivity contribution in [3.05, 3.63) is 59.7 Å². The number of aryl methyl sites for hydroxylation is 1. The van der Waals surface area contributed by atoms with Crippen LogP contribution < -0.4 is 10.0 Å². The summed E-state index contributed by atoms with van der Waals surface area (Å²) in [6, 6.07) is 15.3. The van der Waals surface area contributed by atoms with Gasteiger partial charge in [-0.05, 0) is 43.7 Å². The lowest BCUT2D eigenvalue weighted by molar-refractivity contribution is 0.588. The number of rotatable bonds is 6. The van der Waals surface area contributed by atoms with Crippen molar-refractivity contribution < 1.29 is 8.42 Å². The van der Waals surface area contributed by atoms with E-state index in [0.717, 1.165) is 24.2 Å². The van der Waals surface area contributed by atoms with Gasteiger partial charge in [-0.15, -0.1) is 0 Å². The quantitative estimate of drug-likeness (QED) is 0.862. The first kappa shape index (κ1) is 15.5. The molecule has 2 rings (SSSR count). The molecule has 21 heavy (non-hydrogen) atoms. The SMILES string of the molecule is CNS(=O)(=O)c1ccc(C)c(NCCc2ccccc2)c1. The van der Waals surface area contributed by atoms with Crippen molar-refractivity contribution in [2.24, 2.45) is 0 Å². The molecule has 0 aliphatic carbocycles. The molecule has 112 valence electrons. The Balaban J connectivity index is 2.08. The summed E-state index contributed by atoms with van der Waals surface area (Å²) in [6.45, 7) is 2.72. The van der Waals surface area contributed by atoms with Crippen molar-refractivity contribution in [1.82, 2.24) is 4.72 Å². The van der Waals surface area contributed by atoms with Gasteiger partial charge in [-0.25, -0.2) is 13.1 Å². The third kappa shape index (κ3) is 4.06. The average molecular weight is 304 g/mol. The zero-order valence-corrected chi connectivity index (χ0v) is 13.1. The molecule has 0 aliphatic rings. The van der Waals surface area contributed by atoms with Gasteiger partial charge in [0.25, 0.3) is 0 Å². The molecule has 0 unspecified atom stereocenters. The van der Waals surface area contributed by atoms with Crippen LogP contribution in [-0.2, 0) is 16.4 Å². The van der Waals surface area contributed by atoms with E-state index in [4.69, 9.17) is 0 Å². The Morgan fingerprint density at radius 3 is 2.43 bits per heavy atom. The molecule has 2 aromatic carbocycles. The predicted molar refractivity (Wildman–Crippen MR) is 86.1 cm³/mol. The average Bonchev–Trinajstić information content (AvgIpc) is 2.50. The van der Waals surface area contributed by atoms with Gasteiger partial charge in [-0.1, -0.05) is 36.4 Å². The first-order valence-corrected chi connectivity index (χ1v) is 8.33. The lowest BCUT2D eigenvalue weighted by atomic mass is 10.1. The molecule has 0 radical (unpaired) electrons. The Morgan fingerprint density at radius 2 is 1.76 bits per heavy atom. The third-order valence-corrected chi connectivity index (χ3v) is 4.77. The largest absolute Gasteiger partial charge is 0.384 e. The van der Waals surface area contributed by atoms with Gasteiger partial charge >= 0.3 is 0 Å². The summed E-state index contributed by atoms with van der Waals surface area (Å²) in [5.41, 5.74) is 3.13. The van der Waals surface area contributed by atoms with Crippen LogP contribution in [-0.4, -0.2) is 22.0 Å². The fourth-order valence-electron chi connectivity index (χ4n) is 2.06. The number of nitrogens with one attached hydrogen (secondary N) is 2. The number of anilines is 1. The molecule has 0 spiro atoms. The standard InChI is InChI=1S/C16H20N2O2S/c1-13-8-9-15(21(19,20)17-2)12-16(13)18-11-10-14-6-4-3-5-7-14/h3-9,12,17-18H,10-11H2,1-2H3. The third-order valence-electron chi connectivity index (χ3n) is 3.36. The van der Waals surface area contributed by atoms with Crippen LogP contribution in [0.3, 0.4) is 0 Å². The van der Waals surface area contributed by atoms with Gasteiger partial charge in [0.1, 0.15) is 0 Å². The highest BCUT2D eigenvalue weighted by Gasteiger charge is 2.12. The molecule has 0 fully saturated rings. The minimum Gasteiger partial charge on any atom is -0.384 e. The molecule has 0 aliphatic heterocycles. The zero-order valence-electron chi connectivity index (χ0n) is 12.3. The highest BCUT2D eigenvalue weighted by molar-refractivity contribution is 7.89. The molecule has 0 aromatic heterocycles. The Hall–Kier alpha value is -1.85. The Bertz CT molecular complexity index is 697. The minimum atomic E-state index is -3.40. The summed E-state index contributed by atoms with van der Waals surface area (Å²) in [7, 11) is -1.99. The lowest BCUT2D eigenvalue weighted by Gasteiger charge is -2.12. The van der Waals surface area contributed by atoms with Gasteiger partial charge in [0.2, 0.25) is 10.0 Å². The van der Waals surface area contributed by atoms with Crippen molar-refractivity contribution in [1.29, 1.82) is 0 Å². The normalized spacial score (nSPS) is 11.3. The highest BCUT2D eigenvalue weighted by Crippen LogP contribution is 2.20. The van der Waals surface area contributed by atoms with Crippen molar-refractivity contribution in [2.75, 3.05) is 18.9 Å². The van der Waals surface area contributed by atoms with Gasteiger partial charge in [0.05, 0.1) is 4.90 Å². The van der Waals surface area contributed by atoms with E-state index in [1.807, 2.05) is 31.2 Å². The second kappa shape index (κ2) is 6.74. The van der Waals surface area contributed by atoms with Crippen LogP contribution in [0, 0.1) is 6.92 Å². The van der Waals surface area contributed by atoms with Crippen molar-refractivity contribution in [3.8, 4) is 0 Å². The smallest absolute Gasteiger partial charge is 0.240 e. The van der Waals surface area contributed by atoms with Crippen LogP contribution in [0.1, 0.15) is 11.1 Å². The second-order valence-electron chi connectivity index (χ2n) is 4.85. The summed E-state index contributed by atoms with van der Waals surface area (Å²) in [4.78, 5) is 0.276. The summed E-state index contributed by atoms with van der Waals surface area (Å²) >= 11 is 0. The Labute approximate surface area is 126 Å². The number of benzene rings is 2. The Morgan fingerprint density at radius 1 is 1.05 bits per heavy atom. The fourth-order valence-corrected chi connectivity index (χ4v) is 2.82. The van der Waals surface area contributed by atoms with Crippen molar-refractivity contribution >= 4 is 15.7 Å². The molecule has 0 heterocycles. The van der Waals surface area contributed by atoms with E-state index in [9.17, 15) is 8.42 Å². The summed E-state index contributed by atoms with van der Waals surface area (Å²) in [5.74, 6) is 0. The molecule has 5 heteroatoms. The maximum atomic E-state index is 11.8. The maximum absolute atomic E-state index is 11.8. The van der Waals surface area contributed by atoms with Gasteiger partial charge in [-0.3, -0.25) is 0 Å². The fraction of sp³-hybridized carbons (Fsp3) is 0.250. The summed E-state index contributed by atoms with van der Waals surface area (Å²) in [6.07, 6.45) is 0.892. The second-order valence-corrected chi connectivity index (χ2v) is 6.73. The first-order valence-electron chi connectivity index (χ1n) is 6.85. The van der Waals surface area contributed by atoms with Crippen molar-refractivity contribution in [2.45, 2.75) is 18.2 Å². The van der Waals surface area contributed by atoms with Crippen LogP contribution in [0.4, 0.5) is 5.69 Å². The van der Waals surface area contributed by atoms with Crippen molar-refractivity contribution in [3.63, 3.8) is 0 Å². The van der Waals surface area contributed by atoms with Crippen LogP contribution in [0.2, 0.25) is 0 Å². The molecule has 0 bridgehead atoms. The molecule has 0 saturated heterocycles. The maximum Gasteiger partial charge on any atom is 0.240 e. The van der Waals surface area contributed by atoms with Gasteiger partial charge in [0.15, 0.2) is 0 Å². The molecular formula is C16H20N2O2S. The molecule has 2 N–H and O–H groups in total. The number of hydrogen-bond donors (Lipinski definition) is 2. The van der Waals surface area contributed by atoms with Crippen LogP contribution in [0.15, 0.2) is 53.4 Å². The van der Waals surface area contributed by atoms with E-state index in [2.05, 4.69) is 22.2 Å². The van der Waals surface area contributed by atoms with E-state index >= 15 is 0 Å². The molecular weight excluding hydrogens is 284 g/mol. The summed E-state index contributed by atoms with van der Waals surface area (Å²) < 4.78 is 26.0. The number of hydrogen-bond acceptors (Lipinski definition) is 3. The van der Waals surface area contributed by atoms with Crippen LogP contribution in [0.5, 0.6) is 0 Å². The highest BCUT2D eigenvalue weighted by atomic mass is 32.2. The predicted octanol–water partition coefficient (Wildman–Crippen LogP) is 2.56. The van der Waals surface area contributed by atoms with E-state index < -0.39 is 10.0 Å². The molecule has 2 aromatic rings. The van der Waals surface area contributed by atoms with E-state index in [1.165, 1.54) is 12.6 Å². The lowest BCUT2D eigenvalue weighted by Crippen LogP contribution is -2.19. The Kier molecular flexibility index (Phi) is 4.98. The summed E-state index contributed by atoms with van der Waals surface area (Å²) in [5, 5.41) is 3.31. The topological polar surface area (TPSA) is 58.2 Å². The van der Waals surface area contributed by atoms with E-state index in [-0.39, 0.29) is 4.90 Å². The monoisotopic (exact) mass is 304 g/mol. The number of sulfonamides is 1. The zero-order chi connectivity index (χ0) is 15.3. The molecule has 0 atom stereocenters. The van der Waals surface area contributed by atoms with Crippen LogP contribution >= 0.6 is 0 Å². The van der Waals surface area contributed by atoms with Gasteiger partial charge in [-0.2, -0.15) is 0 Å². The van der Waals surface area contributed by atoms with Gasteiger partial charge < -0.3 is 5.32 Å². The van der Waals surface area contributed by atoms with Gasteiger partial charge in [0, 0.05) is 12.2 Å². The minimum absolute atomic E-state index is 0.276.